The van der Waals surface area contributed by atoms with Crippen LogP contribution >= 0.6 is 15.9 Å². The first-order valence-corrected chi connectivity index (χ1v) is 11.5. The summed E-state index contributed by atoms with van der Waals surface area (Å²) in [4.78, 5) is 35.3. The maximum Gasteiger partial charge on any atom is 0.343 e. The third kappa shape index (κ3) is 7.27. The molecule has 1 atom stereocenters. The van der Waals surface area contributed by atoms with E-state index in [2.05, 4.69) is 26.5 Å². The van der Waals surface area contributed by atoms with Gasteiger partial charge in [-0.25, -0.2) is 10.2 Å². The van der Waals surface area contributed by atoms with Gasteiger partial charge in [-0.15, -0.1) is 0 Å². The maximum absolute atomic E-state index is 12.7. The Kier molecular flexibility index (Phi) is 9.16. The van der Waals surface area contributed by atoms with Gasteiger partial charge in [-0.1, -0.05) is 15.9 Å². The van der Waals surface area contributed by atoms with Gasteiger partial charge in [0.25, 0.3) is 11.6 Å². The summed E-state index contributed by atoms with van der Waals surface area (Å²) in [5, 5.41) is 14.7. The molecule has 0 radical (unpaired) electrons. The summed E-state index contributed by atoms with van der Waals surface area (Å²) in [6.45, 7) is 1.50. The number of halogens is 1. The van der Waals surface area contributed by atoms with Crippen LogP contribution in [0.2, 0.25) is 0 Å². The van der Waals surface area contributed by atoms with Crippen molar-refractivity contribution >= 4 is 39.7 Å². The fraction of sp³-hybridized carbons (Fsp3) is 0.160. The molecule has 0 aliphatic carbocycles. The molecule has 12 heteroatoms. The van der Waals surface area contributed by atoms with Gasteiger partial charge in [0.15, 0.2) is 17.6 Å². The lowest BCUT2D eigenvalue weighted by atomic mass is 10.2. The predicted octanol–water partition coefficient (Wildman–Crippen LogP) is 4.51. The highest BCUT2D eigenvalue weighted by Gasteiger charge is 2.17. The van der Waals surface area contributed by atoms with E-state index in [1.165, 1.54) is 57.7 Å². The number of nitro groups is 1. The molecule has 0 spiro atoms. The third-order valence-corrected chi connectivity index (χ3v) is 5.39. The van der Waals surface area contributed by atoms with Crippen molar-refractivity contribution in [2.45, 2.75) is 13.0 Å². The number of hydrogen-bond acceptors (Lipinski definition) is 9. The number of hydrazone groups is 1. The van der Waals surface area contributed by atoms with Gasteiger partial charge in [0.1, 0.15) is 11.5 Å². The van der Waals surface area contributed by atoms with Gasteiger partial charge >= 0.3 is 5.97 Å². The first-order valence-electron chi connectivity index (χ1n) is 10.7. The molecule has 0 aliphatic heterocycles. The van der Waals surface area contributed by atoms with Crippen molar-refractivity contribution in [3.63, 3.8) is 0 Å². The lowest BCUT2D eigenvalue weighted by Gasteiger charge is -2.13. The zero-order valence-electron chi connectivity index (χ0n) is 20.0. The molecule has 3 rings (SSSR count). The minimum atomic E-state index is -0.941. The number of ether oxygens (including phenoxy) is 4. The first kappa shape index (κ1) is 27.1. The van der Waals surface area contributed by atoms with Crippen molar-refractivity contribution in [1.82, 2.24) is 5.43 Å². The molecule has 192 valence electrons. The van der Waals surface area contributed by atoms with Gasteiger partial charge in [0.05, 0.1) is 30.9 Å². The van der Waals surface area contributed by atoms with Gasteiger partial charge in [0, 0.05) is 22.2 Å². The molecule has 0 unspecified atom stereocenters. The van der Waals surface area contributed by atoms with Gasteiger partial charge in [-0.2, -0.15) is 5.10 Å². The Morgan fingerprint density at radius 1 is 1.00 bits per heavy atom. The number of hydrogen-bond donors (Lipinski definition) is 1. The standard InChI is InChI=1S/C25H22BrN3O8/c1-15(36-20-8-6-19(7-9-20)29(32)33)24(30)28-27-14-17-12-18(26)5-11-21(17)37-25(31)16-4-10-22(34-2)23(13-16)35-3/h4-15H,1-3H3,(H,28,30)/b27-14-/t15-/m1/s1. The second kappa shape index (κ2) is 12.5. The maximum atomic E-state index is 12.7. The molecular formula is C25H22BrN3O8. The van der Waals surface area contributed by atoms with E-state index >= 15 is 0 Å². The molecule has 0 fully saturated rings. The van der Waals surface area contributed by atoms with Crippen LogP contribution in [-0.2, 0) is 4.79 Å². The van der Waals surface area contributed by atoms with E-state index in [0.29, 0.717) is 21.5 Å². The van der Waals surface area contributed by atoms with Crippen LogP contribution in [0, 0.1) is 10.1 Å². The molecule has 3 aromatic carbocycles. The Bertz CT molecular complexity index is 1330. The van der Waals surface area contributed by atoms with E-state index in [1.54, 1.807) is 30.3 Å². The van der Waals surface area contributed by atoms with Crippen LogP contribution in [0.25, 0.3) is 0 Å². The highest BCUT2D eigenvalue weighted by Crippen LogP contribution is 2.29. The van der Waals surface area contributed by atoms with Crippen LogP contribution < -0.4 is 24.4 Å². The molecule has 3 aromatic rings. The molecule has 1 amide bonds. The molecule has 0 saturated carbocycles. The van der Waals surface area contributed by atoms with Crippen molar-refractivity contribution < 1.29 is 33.5 Å². The largest absolute Gasteiger partial charge is 0.493 e. The number of rotatable bonds is 10. The monoisotopic (exact) mass is 571 g/mol. The Labute approximate surface area is 220 Å². The number of nitro benzene ring substituents is 1. The van der Waals surface area contributed by atoms with E-state index in [0.717, 1.165) is 0 Å². The molecule has 0 aliphatic rings. The summed E-state index contributed by atoms with van der Waals surface area (Å²) < 4.78 is 22.1. The highest BCUT2D eigenvalue weighted by molar-refractivity contribution is 9.10. The normalized spacial score (nSPS) is 11.5. The Hall–Kier alpha value is -4.45. The third-order valence-electron chi connectivity index (χ3n) is 4.90. The molecule has 0 saturated heterocycles. The lowest BCUT2D eigenvalue weighted by molar-refractivity contribution is -0.384. The number of carbonyl (C=O) groups is 2. The van der Waals surface area contributed by atoms with Gasteiger partial charge in [-0.05, 0) is 55.5 Å². The number of nitrogens with zero attached hydrogens (tertiary/aromatic N) is 2. The first-order chi connectivity index (χ1) is 17.7. The average molecular weight is 572 g/mol. The second-order valence-electron chi connectivity index (χ2n) is 7.39. The molecule has 37 heavy (non-hydrogen) atoms. The van der Waals surface area contributed by atoms with Crippen molar-refractivity contribution in [3.8, 4) is 23.0 Å². The average Bonchev–Trinajstić information content (AvgIpc) is 2.89. The SMILES string of the molecule is COc1ccc(C(=O)Oc2ccc(Br)cc2/C=N\NC(=O)[C@@H](C)Oc2ccc([N+](=O)[O-])cc2)cc1OC. The summed E-state index contributed by atoms with van der Waals surface area (Å²) in [6, 6.07) is 14.9. The number of nitrogens with one attached hydrogen (secondary N) is 1. The molecule has 11 nitrogen and oxygen atoms in total. The number of non-ortho nitro benzene ring substituents is 1. The van der Waals surface area contributed by atoms with Crippen LogP contribution in [0.5, 0.6) is 23.0 Å². The van der Waals surface area contributed by atoms with Crippen molar-refractivity contribution in [3.05, 3.63) is 86.4 Å². The smallest absolute Gasteiger partial charge is 0.343 e. The van der Waals surface area contributed by atoms with E-state index in [1.807, 2.05) is 0 Å². The molecule has 0 bridgehead atoms. The Morgan fingerprint density at radius 3 is 2.32 bits per heavy atom. The molecule has 0 aromatic heterocycles. The van der Waals surface area contributed by atoms with E-state index in [4.69, 9.17) is 18.9 Å². The molecule has 0 heterocycles. The van der Waals surface area contributed by atoms with Crippen molar-refractivity contribution in [1.29, 1.82) is 0 Å². The lowest BCUT2D eigenvalue weighted by Crippen LogP contribution is -2.33. The number of methoxy groups -OCH3 is 2. The number of carbonyl (C=O) groups excluding carboxylic acids is 2. The predicted molar refractivity (Wildman–Crippen MR) is 138 cm³/mol. The van der Waals surface area contributed by atoms with Gasteiger partial charge in [-0.3, -0.25) is 14.9 Å². The fourth-order valence-electron chi connectivity index (χ4n) is 3.00. The minimum absolute atomic E-state index is 0.0919. The molecule has 1 N–H and O–H groups in total. The van der Waals surface area contributed by atoms with Crippen molar-refractivity contribution in [2.75, 3.05) is 14.2 Å². The van der Waals surface area contributed by atoms with Crippen LogP contribution in [-0.4, -0.2) is 43.3 Å². The van der Waals surface area contributed by atoms with Gasteiger partial charge < -0.3 is 18.9 Å². The van der Waals surface area contributed by atoms with E-state index in [9.17, 15) is 19.7 Å². The van der Waals surface area contributed by atoms with Crippen LogP contribution in [0.1, 0.15) is 22.8 Å². The summed E-state index contributed by atoms with van der Waals surface area (Å²) in [7, 11) is 2.95. The highest BCUT2D eigenvalue weighted by atomic mass is 79.9. The zero-order valence-corrected chi connectivity index (χ0v) is 21.6. The van der Waals surface area contributed by atoms with Gasteiger partial charge in [0.2, 0.25) is 0 Å². The van der Waals surface area contributed by atoms with Crippen molar-refractivity contribution in [2.24, 2.45) is 5.10 Å². The summed E-state index contributed by atoms with van der Waals surface area (Å²) in [5.74, 6) is 0.144. The number of benzene rings is 3. The zero-order chi connectivity index (χ0) is 26.9. The minimum Gasteiger partial charge on any atom is -0.493 e. The summed E-state index contributed by atoms with van der Waals surface area (Å²) in [5.41, 5.74) is 2.91. The topological polar surface area (TPSA) is 139 Å². The summed E-state index contributed by atoms with van der Waals surface area (Å²) in [6.07, 6.45) is 0.377. The Balaban J connectivity index is 1.66. The quantitative estimate of drug-likeness (QED) is 0.123. The van der Waals surface area contributed by atoms with E-state index in [-0.39, 0.29) is 22.7 Å². The van der Waals surface area contributed by atoms with E-state index < -0.39 is 22.9 Å². The van der Waals surface area contributed by atoms with Crippen LogP contribution in [0.3, 0.4) is 0 Å². The van der Waals surface area contributed by atoms with Crippen LogP contribution in [0.15, 0.2) is 70.2 Å². The fourth-order valence-corrected chi connectivity index (χ4v) is 3.37. The molecular weight excluding hydrogens is 550 g/mol. The second-order valence-corrected chi connectivity index (χ2v) is 8.30. The van der Waals surface area contributed by atoms with Crippen LogP contribution in [0.4, 0.5) is 5.69 Å². The number of amides is 1. The Morgan fingerprint density at radius 2 is 1.68 bits per heavy atom. The summed E-state index contributed by atoms with van der Waals surface area (Å²) >= 11 is 3.36. The number of esters is 1.